The molecule has 7 heteroatoms. The first-order valence-electron chi connectivity index (χ1n) is 7.49. The van der Waals surface area contributed by atoms with Gasteiger partial charge in [-0.3, -0.25) is 14.9 Å². The van der Waals surface area contributed by atoms with Crippen molar-refractivity contribution < 1.29 is 19.1 Å². The Labute approximate surface area is 134 Å². The molecule has 2 atom stereocenters. The first kappa shape index (κ1) is 16.9. The van der Waals surface area contributed by atoms with E-state index in [1.807, 2.05) is 0 Å². The Bertz CT molecular complexity index is 517. The smallest absolute Gasteiger partial charge is 0.311 e. The number of carbonyl (C=O) groups is 2. The predicted molar refractivity (Wildman–Crippen MR) is 83.8 cm³/mol. The van der Waals surface area contributed by atoms with E-state index in [-0.39, 0.29) is 31.0 Å². The summed E-state index contributed by atoms with van der Waals surface area (Å²) in [6.07, 6.45) is 4.75. The average molecular weight is 326 g/mol. The highest BCUT2D eigenvalue weighted by molar-refractivity contribution is 7.13. The number of nitrogens with zero attached hydrogens (tertiary/aromatic N) is 1. The van der Waals surface area contributed by atoms with E-state index in [1.54, 1.807) is 5.38 Å². The maximum absolute atomic E-state index is 11.9. The summed E-state index contributed by atoms with van der Waals surface area (Å²) in [5.74, 6) is 0.108. The van der Waals surface area contributed by atoms with Gasteiger partial charge >= 0.3 is 5.97 Å². The molecule has 1 N–H and O–H groups in total. The van der Waals surface area contributed by atoms with Crippen molar-refractivity contribution in [3.63, 3.8) is 0 Å². The molecule has 0 bridgehead atoms. The highest BCUT2D eigenvalue weighted by Gasteiger charge is 2.20. The number of aromatic nitrogens is 1. The highest BCUT2D eigenvalue weighted by atomic mass is 32.1. The molecule has 1 heterocycles. The van der Waals surface area contributed by atoms with Gasteiger partial charge in [0.15, 0.2) is 5.13 Å². The van der Waals surface area contributed by atoms with Gasteiger partial charge in [-0.05, 0) is 18.8 Å². The lowest BCUT2D eigenvalue weighted by atomic mass is 9.89. The van der Waals surface area contributed by atoms with Crippen LogP contribution in [-0.2, 0) is 25.5 Å². The zero-order valence-corrected chi connectivity index (χ0v) is 13.8. The molecule has 1 saturated carbocycles. The Kier molecular flexibility index (Phi) is 6.33. The monoisotopic (exact) mass is 326 g/mol. The van der Waals surface area contributed by atoms with Crippen molar-refractivity contribution in [2.75, 3.05) is 19.0 Å². The second-order valence-electron chi connectivity index (χ2n) is 5.65. The minimum absolute atomic E-state index is 0.0449. The Morgan fingerprint density at radius 2 is 2.27 bits per heavy atom. The summed E-state index contributed by atoms with van der Waals surface area (Å²) in [5.41, 5.74) is 0.592. The molecule has 6 nitrogen and oxygen atoms in total. The molecule has 1 aliphatic carbocycles. The van der Waals surface area contributed by atoms with Crippen LogP contribution in [0.5, 0.6) is 0 Å². The molecule has 2 rings (SSSR count). The van der Waals surface area contributed by atoms with Gasteiger partial charge in [0, 0.05) is 5.38 Å². The van der Waals surface area contributed by atoms with Crippen molar-refractivity contribution in [1.29, 1.82) is 0 Å². The van der Waals surface area contributed by atoms with E-state index in [4.69, 9.17) is 4.74 Å². The lowest BCUT2D eigenvalue weighted by Crippen LogP contribution is -2.26. The molecule has 0 saturated heterocycles. The van der Waals surface area contributed by atoms with Gasteiger partial charge in [-0.2, -0.15) is 0 Å². The summed E-state index contributed by atoms with van der Waals surface area (Å²) in [6, 6.07) is 0. The third-order valence-corrected chi connectivity index (χ3v) is 4.50. The number of nitrogens with one attached hydrogen (secondary N) is 1. The quantitative estimate of drug-likeness (QED) is 0.812. The topological polar surface area (TPSA) is 77.5 Å². The van der Waals surface area contributed by atoms with Crippen LogP contribution in [0.25, 0.3) is 0 Å². The second kappa shape index (κ2) is 8.24. The third kappa shape index (κ3) is 5.38. The van der Waals surface area contributed by atoms with E-state index in [2.05, 4.69) is 22.0 Å². The van der Waals surface area contributed by atoms with Gasteiger partial charge in [-0.25, -0.2) is 4.98 Å². The van der Waals surface area contributed by atoms with Crippen molar-refractivity contribution in [2.24, 2.45) is 5.92 Å². The number of carbonyl (C=O) groups excluding carboxylic acids is 2. The van der Waals surface area contributed by atoms with Crippen LogP contribution >= 0.6 is 11.3 Å². The van der Waals surface area contributed by atoms with Crippen molar-refractivity contribution in [3.8, 4) is 0 Å². The SMILES string of the molecule is COC(=O)Cc1csc(NC(=O)COC2CCCC(C)C2)n1. The van der Waals surface area contributed by atoms with Gasteiger partial charge in [0.25, 0.3) is 5.91 Å². The first-order chi connectivity index (χ1) is 10.6. The lowest BCUT2D eigenvalue weighted by molar-refractivity contribution is -0.139. The summed E-state index contributed by atoms with van der Waals surface area (Å²) >= 11 is 1.29. The van der Waals surface area contributed by atoms with Crippen LogP contribution in [0.2, 0.25) is 0 Å². The predicted octanol–water partition coefficient (Wildman–Crippen LogP) is 2.39. The summed E-state index contributed by atoms with van der Waals surface area (Å²) in [5, 5.41) is 4.90. The average Bonchev–Trinajstić information content (AvgIpc) is 2.92. The number of hydrogen-bond acceptors (Lipinski definition) is 6. The van der Waals surface area contributed by atoms with E-state index in [0.717, 1.165) is 19.3 Å². The molecule has 1 aliphatic rings. The van der Waals surface area contributed by atoms with Crippen molar-refractivity contribution >= 4 is 28.3 Å². The molecule has 0 aliphatic heterocycles. The number of anilines is 1. The standard InChI is InChI=1S/C15H22N2O4S/c1-10-4-3-5-12(6-10)21-8-13(18)17-15-16-11(9-22-15)7-14(19)20-2/h9-10,12H,3-8H2,1-2H3,(H,16,17,18). The molecule has 22 heavy (non-hydrogen) atoms. The number of hydrogen-bond donors (Lipinski definition) is 1. The van der Waals surface area contributed by atoms with Crippen LogP contribution in [-0.4, -0.2) is 36.7 Å². The molecule has 1 amide bonds. The Hall–Kier alpha value is -1.47. The van der Waals surface area contributed by atoms with Crippen LogP contribution in [0, 0.1) is 5.92 Å². The molecule has 1 aromatic rings. The molecule has 0 spiro atoms. The molecule has 1 fully saturated rings. The number of rotatable bonds is 6. The number of thiazole rings is 1. The second-order valence-corrected chi connectivity index (χ2v) is 6.51. The van der Waals surface area contributed by atoms with E-state index in [9.17, 15) is 9.59 Å². The summed E-state index contributed by atoms with van der Waals surface area (Å²) in [6.45, 7) is 2.26. The fourth-order valence-corrected chi connectivity index (χ4v) is 3.27. The van der Waals surface area contributed by atoms with Gasteiger partial charge in [-0.15, -0.1) is 11.3 Å². The molecule has 0 radical (unpaired) electrons. The van der Waals surface area contributed by atoms with E-state index < -0.39 is 0 Å². The molecular weight excluding hydrogens is 304 g/mol. The van der Waals surface area contributed by atoms with Crippen LogP contribution in [0.1, 0.15) is 38.3 Å². The molecule has 122 valence electrons. The Morgan fingerprint density at radius 1 is 1.45 bits per heavy atom. The summed E-state index contributed by atoms with van der Waals surface area (Å²) in [7, 11) is 1.33. The van der Waals surface area contributed by atoms with Crippen molar-refractivity contribution in [3.05, 3.63) is 11.1 Å². The van der Waals surface area contributed by atoms with Gasteiger partial charge in [0.1, 0.15) is 6.61 Å². The maximum Gasteiger partial charge on any atom is 0.311 e. The van der Waals surface area contributed by atoms with Crippen molar-refractivity contribution in [1.82, 2.24) is 4.98 Å². The van der Waals surface area contributed by atoms with Crippen molar-refractivity contribution in [2.45, 2.75) is 45.1 Å². The van der Waals surface area contributed by atoms with E-state index in [1.165, 1.54) is 24.9 Å². The normalized spacial score (nSPS) is 21.4. The number of ether oxygens (including phenoxy) is 2. The van der Waals surface area contributed by atoms with Gasteiger partial charge in [0.05, 0.1) is 25.3 Å². The Balaban J connectivity index is 1.73. The minimum atomic E-state index is -0.349. The van der Waals surface area contributed by atoms with Crippen LogP contribution in [0.3, 0.4) is 0 Å². The lowest BCUT2D eigenvalue weighted by Gasteiger charge is -2.26. The van der Waals surface area contributed by atoms with Gasteiger partial charge < -0.3 is 9.47 Å². The third-order valence-electron chi connectivity index (χ3n) is 3.69. The fourth-order valence-electron chi connectivity index (χ4n) is 2.54. The summed E-state index contributed by atoms with van der Waals surface area (Å²) < 4.78 is 10.2. The van der Waals surface area contributed by atoms with Gasteiger partial charge in [0.2, 0.25) is 0 Å². The molecule has 0 aromatic carbocycles. The number of methoxy groups -OCH3 is 1. The van der Waals surface area contributed by atoms with E-state index >= 15 is 0 Å². The molecule has 1 aromatic heterocycles. The highest BCUT2D eigenvalue weighted by Crippen LogP contribution is 2.25. The Morgan fingerprint density at radius 3 is 3.00 bits per heavy atom. The van der Waals surface area contributed by atoms with Crippen LogP contribution in [0.15, 0.2) is 5.38 Å². The molecule has 2 unspecified atom stereocenters. The first-order valence-corrected chi connectivity index (χ1v) is 8.37. The van der Waals surface area contributed by atoms with Crippen LogP contribution < -0.4 is 5.32 Å². The largest absolute Gasteiger partial charge is 0.469 e. The number of amides is 1. The van der Waals surface area contributed by atoms with Crippen LogP contribution in [0.4, 0.5) is 5.13 Å². The van der Waals surface area contributed by atoms with Gasteiger partial charge in [-0.1, -0.05) is 19.8 Å². The zero-order valence-electron chi connectivity index (χ0n) is 13.0. The molecular formula is C15H22N2O4S. The van der Waals surface area contributed by atoms with E-state index in [0.29, 0.717) is 16.7 Å². The maximum atomic E-state index is 11.9. The summed E-state index contributed by atoms with van der Waals surface area (Å²) in [4.78, 5) is 27.2. The number of esters is 1. The zero-order chi connectivity index (χ0) is 15.9. The fraction of sp³-hybridized carbons (Fsp3) is 0.667. The minimum Gasteiger partial charge on any atom is -0.469 e.